The summed E-state index contributed by atoms with van der Waals surface area (Å²) in [4.78, 5) is 23.1. The van der Waals surface area contributed by atoms with Gasteiger partial charge in [-0.1, -0.05) is 12.1 Å². The van der Waals surface area contributed by atoms with Gasteiger partial charge in [0.05, 0.1) is 12.0 Å². The van der Waals surface area contributed by atoms with Gasteiger partial charge in [-0.2, -0.15) is 0 Å². The molecule has 0 aliphatic carbocycles. The van der Waals surface area contributed by atoms with E-state index >= 15 is 0 Å². The lowest BCUT2D eigenvalue weighted by molar-refractivity contribution is -0.138. The molecule has 2 N–H and O–H groups in total. The average molecular weight is 309 g/mol. The van der Waals surface area contributed by atoms with Gasteiger partial charge in [-0.15, -0.1) is 0 Å². The van der Waals surface area contributed by atoms with Crippen LogP contribution < -0.4 is 5.32 Å². The van der Waals surface area contributed by atoms with Crippen LogP contribution in [-0.4, -0.2) is 36.2 Å². The molecule has 0 spiro atoms. The second-order valence-corrected chi connectivity index (χ2v) is 5.42. The molecule has 5 nitrogen and oxygen atoms in total. The Labute approximate surface area is 128 Å². The summed E-state index contributed by atoms with van der Waals surface area (Å²) in [5.41, 5.74) is 0.466. The van der Waals surface area contributed by atoms with E-state index in [1.807, 2.05) is 0 Å². The zero-order chi connectivity index (χ0) is 15.9. The summed E-state index contributed by atoms with van der Waals surface area (Å²) < 4.78 is 18.3. The van der Waals surface area contributed by atoms with Crippen molar-refractivity contribution in [2.45, 2.75) is 37.7 Å². The molecule has 1 heterocycles. The molecule has 0 saturated carbocycles. The second kappa shape index (κ2) is 7.89. The van der Waals surface area contributed by atoms with E-state index in [0.29, 0.717) is 18.4 Å². The monoisotopic (exact) mass is 309 g/mol. The fraction of sp³-hybridized carbons (Fsp3) is 0.500. The summed E-state index contributed by atoms with van der Waals surface area (Å²) >= 11 is 0. The topological polar surface area (TPSA) is 75.6 Å². The van der Waals surface area contributed by atoms with Gasteiger partial charge in [0.25, 0.3) is 0 Å². The fourth-order valence-electron chi connectivity index (χ4n) is 2.51. The van der Waals surface area contributed by atoms with Crippen LogP contribution >= 0.6 is 0 Å². The molecule has 1 fully saturated rings. The van der Waals surface area contributed by atoms with Crippen LogP contribution in [0.2, 0.25) is 0 Å². The van der Waals surface area contributed by atoms with Crippen LogP contribution in [0.3, 0.4) is 0 Å². The number of carboxylic acid groups (broad SMARTS) is 1. The molecular formula is C16H20FNO4. The maximum atomic E-state index is 12.9. The van der Waals surface area contributed by atoms with E-state index in [-0.39, 0.29) is 18.6 Å². The zero-order valence-electron chi connectivity index (χ0n) is 12.3. The molecule has 2 atom stereocenters. The quantitative estimate of drug-likeness (QED) is 0.808. The lowest BCUT2D eigenvalue weighted by Crippen LogP contribution is -2.32. The van der Waals surface area contributed by atoms with Gasteiger partial charge in [-0.05, 0) is 37.0 Å². The number of rotatable bonds is 7. The fourth-order valence-corrected chi connectivity index (χ4v) is 2.51. The first-order valence-electron chi connectivity index (χ1n) is 7.43. The molecule has 2 unspecified atom stereocenters. The van der Waals surface area contributed by atoms with Crippen molar-refractivity contribution in [1.29, 1.82) is 0 Å². The number of benzene rings is 1. The Kier molecular flexibility index (Phi) is 5.89. The first-order chi connectivity index (χ1) is 10.6. The van der Waals surface area contributed by atoms with Gasteiger partial charge in [0, 0.05) is 19.6 Å². The largest absolute Gasteiger partial charge is 0.481 e. The molecule has 1 aliphatic heterocycles. The first kappa shape index (κ1) is 16.4. The van der Waals surface area contributed by atoms with Crippen molar-refractivity contribution in [3.8, 4) is 0 Å². The molecule has 0 radical (unpaired) electrons. The SMILES string of the molecule is O=C(CCC1CCCO1)NCC(C(=O)O)c1ccc(F)cc1. The van der Waals surface area contributed by atoms with Gasteiger partial charge in [0.15, 0.2) is 0 Å². The number of carbonyl (C=O) groups excluding carboxylic acids is 1. The zero-order valence-corrected chi connectivity index (χ0v) is 12.3. The normalized spacial score (nSPS) is 18.9. The molecule has 1 saturated heterocycles. The van der Waals surface area contributed by atoms with Gasteiger partial charge < -0.3 is 15.2 Å². The Morgan fingerprint density at radius 1 is 1.36 bits per heavy atom. The second-order valence-electron chi connectivity index (χ2n) is 5.42. The van der Waals surface area contributed by atoms with Crippen molar-refractivity contribution in [2.24, 2.45) is 0 Å². The molecular weight excluding hydrogens is 289 g/mol. The summed E-state index contributed by atoms with van der Waals surface area (Å²) in [6.07, 6.45) is 3.11. The Morgan fingerprint density at radius 3 is 2.68 bits per heavy atom. The molecule has 0 aromatic heterocycles. The van der Waals surface area contributed by atoms with Crippen molar-refractivity contribution in [3.05, 3.63) is 35.6 Å². The van der Waals surface area contributed by atoms with E-state index in [1.54, 1.807) is 0 Å². The van der Waals surface area contributed by atoms with Crippen molar-refractivity contribution < 1.29 is 23.8 Å². The van der Waals surface area contributed by atoms with E-state index in [0.717, 1.165) is 19.4 Å². The Bertz CT molecular complexity index is 511. The van der Waals surface area contributed by atoms with Crippen LogP contribution in [0.5, 0.6) is 0 Å². The maximum Gasteiger partial charge on any atom is 0.312 e. The van der Waals surface area contributed by atoms with Crippen molar-refractivity contribution in [2.75, 3.05) is 13.2 Å². The van der Waals surface area contributed by atoms with E-state index in [9.17, 15) is 19.1 Å². The Balaban J connectivity index is 1.82. The van der Waals surface area contributed by atoms with Crippen LogP contribution in [0.15, 0.2) is 24.3 Å². The highest BCUT2D eigenvalue weighted by Gasteiger charge is 2.21. The number of carboxylic acids is 1. The van der Waals surface area contributed by atoms with Crippen molar-refractivity contribution in [3.63, 3.8) is 0 Å². The van der Waals surface area contributed by atoms with Crippen LogP contribution in [0.25, 0.3) is 0 Å². The van der Waals surface area contributed by atoms with E-state index in [1.165, 1.54) is 24.3 Å². The number of hydrogen-bond acceptors (Lipinski definition) is 3. The predicted molar refractivity (Wildman–Crippen MR) is 78.0 cm³/mol. The maximum absolute atomic E-state index is 12.9. The highest BCUT2D eigenvalue weighted by Crippen LogP contribution is 2.18. The number of amides is 1. The minimum atomic E-state index is -1.05. The summed E-state index contributed by atoms with van der Waals surface area (Å²) in [5, 5.41) is 11.9. The van der Waals surface area contributed by atoms with Gasteiger partial charge in [0.1, 0.15) is 5.82 Å². The van der Waals surface area contributed by atoms with Crippen LogP contribution in [0.1, 0.15) is 37.2 Å². The minimum Gasteiger partial charge on any atom is -0.481 e. The van der Waals surface area contributed by atoms with Crippen LogP contribution in [0.4, 0.5) is 4.39 Å². The number of carbonyl (C=O) groups is 2. The lowest BCUT2D eigenvalue weighted by Gasteiger charge is -2.14. The standard InChI is InChI=1S/C16H20FNO4/c17-12-5-3-11(4-6-12)14(16(20)21)10-18-15(19)8-7-13-2-1-9-22-13/h3-6,13-14H,1-2,7-10H2,(H,18,19)(H,20,21). The molecule has 1 amide bonds. The number of ether oxygens (including phenoxy) is 1. The van der Waals surface area contributed by atoms with E-state index < -0.39 is 17.7 Å². The first-order valence-corrected chi connectivity index (χ1v) is 7.43. The van der Waals surface area contributed by atoms with Crippen molar-refractivity contribution in [1.82, 2.24) is 5.32 Å². The molecule has 1 aliphatic rings. The van der Waals surface area contributed by atoms with Gasteiger partial charge in [-0.3, -0.25) is 9.59 Å². The lowest BCUT2D eigenvalue weighted by atomic mass is 9.99. The van der Waals surface area contributed by atoms with Gasteiger partial charge in [-0.25, -0.2) is 4.39 Å². The highest BCUT2D eigenvalue weighted by molar-refractivity contribution is 5.79. The molecule has 0 bridgehead atoms. The molecule has 120 valence electrons. The number of hydrogen-bond donors (Lipinski definition) is 2. The third kappa shape index (κ3) is 4.80. The predicted octanol–water partition coefficient (Wildman–Crippen LogP) is 2.07. The summed E-state index contributed by atoms with van der Waals surface area (Å²) in [7, 11) is 0. The third-order valence-corrected chi connectivity index (χ3v) is 3.79. The molecule has 1 aromatic rings. The third-order valence-electron chi connectivity index (χ3n) is 3.79. The average Bonchev–Trinajstić information content (AvgIpc) is 3.00. The smallest absolute Gasteiger partial charge is 0.312 e. The van der Waals surface area contributed by atoms with E-state index in [4.69, 9.17) is 4.74 Å². The molecule has 1 aromatic carbocycles. The number of aliphatic carboxylic acids is 1. The van der Waals surface area contributed by atoms with Gasteiger partial charge in [0.2, 0.25) is 5.91 Å². The van der Waals surface area contributed by atoms with Crippen LogP contribution in [-0.2, 0) is 14.3 Å². The van der Waals surface area contributed by atoms with Crippen LogP contribution in [0, 0.1) is 5.82 Å². The van der Waals surface area contributed by atoms with Gasteiger partial charge >= 0.3 is 5.97 Å². The molecule has 22 heavy (non-hydrogen) atoms. The summed E-state index contributed by atoms with van der Waals surface area (Å²) in [6, 6.07) is 5.27. The highest BCUT2D eigenvalue weighted by atomic mass is 19.1. The number of halogens is 1. The molecule has 2 rings (SSSR count). The number of nitrogens with one attached hydrogen (secondary N) is 1. The minimum absolute atomic E-state index is 0.00861. The summed E-state index contributed by atoms with van der Waals surface area (Å²) in [6.45, 7) is 0.739. The Morgan fingerprint density at radius 2 is 2.09 bits per heavy atom. The van der Waals surface area contributed by atoms with E-state index in [2.05, 4.69) is 5.32 Å². The summed E-state index contributed by atoms with van der Waals surface area (Å²) in [5.74, 6) is -2.55. The molecule has 6 heteroatoms. The Hall–Kier alpha value is -1.95. The van der Waals surface area contributed by atoms with Crippen molar-refractivity contribution >= 4 is 11.9 Å².